The molecule has 2 rings (SSSR count). The Hall–Kier alpha value is -1.06. The predicted octanol–water partition coefficient (Wildman–Crippen LogP) is 1.49. The molecule has 1 heterocycles. The summed E-state index contributed by atoms with van der Waals surface area (Å²) in [7, 11) is 0. The number of para-hydroxylation sites is 1. The number of ether oxygens (including phenoxy) is 2. The Morgan fingerprint density at radius 2 is 2.20 bits per heavy atom. The van der Waals surface area contributed by atoms with E-state index in [1.165, 1.54) is 0 Å². The van der Waals surface area contributed by atoms with Crippen molar-refractivity contribution in [3.8, 4) is 5.75 Å². The van der Waals surface area contributed by atoms with Crippen molar-refractivity contribution in [2.75, 3.05) is 13.2 Å². The molecule has 1 saturated heterocycles. The van der Waals surface area contributed by atoms with E-state index in [-0.39, 0.29) is 12.1 Å². The van der Waals surface area contributed by atoms with Gasteiger partial charge in [0.25, 0.3) is 0 Å². The molecular weight excluding hydrogens is 190 g/mol. The Morgan fingerprint density at radius 1 is 1.40 bits per heavy atom. The van der Waals surface area contributed by atoms with Crippen LogP contribution in [0.25, 0.3) is 0 Å². The second-order valence-electron chi connectivity index (χ2n) is 3.95. The summed E-state index contributed by atoms with van der Waals surface area (Å²) in [5, 5.41) is 0. The van der Waals surface area contributed by atoms with Crippen LogP contribution in [0, 0.1) is 6.92 Å². The van der Waals surface area contributed by atoms with Gasteiger partial charge in [-0.25, -0.2) is 0 Å². The molecule has 1 aliphatic heterocycles. The lowest BCUT2D eigenvalue weighted by Crippen LogP contribution is -2.46. The van der Waals surface area contributed by atoms with Crippen molar-refractivity contribution in [2.45, 2.75) is 25.5 Å². The molecule has 1 fully saturated rings. The lowest BCUT2D eigenvalue weighted by atomic mass is 10.1. The van der Waals surface area contributed by atoms with Crippen LogP contribution in [-0.2, 0) is 4.74 Å². The average Bonchev–Trinajstić information content (AvgIpc) is 2.24. The quantitative estimate of drug-likeness (QED) is 0.799. The first kappa shape index (κ1) is 10.5. The molecule has 2 N–H and O–H groups in total. The molecule has 3 nitrogen and oxygen atoms in total. The molecule has 1 aromatic rings. The standard InChI is InChI=1S/C12H17NO2/c1-9-4-2-3-5-11(9)15-12-8-14-7-6-10(12)13/h2-5,10,12H,6-8,13H2,1H3. The number of aryl methyl sites for hydroxylation is 1. The van der Waals surface area contributed by atoms with Crippen LogP contribution in [0.4, 0.5) is 0 Å². The minimum Gasteiger partial charge on any atom is -0.486 e. The normalized spacial score (nSPS) is 26.3. The van der Waals surface area contributed by atoms with Gasteiger partial charge >= 0.3 is 0 Å². The maximum atomic E-state index is 5.97. The van der Waals surface area contributed by atoms with Gasteiger partial charge in [0.15, 0.2) is 0 Å². The predicted molar refractivity (Wildman–Crippen MR) is 59.0 cm³/mol. The Bertz CT molecular complexity index is 327. The highest BCUT2D eigenvalue weighted by atomic mass is 16.5. The number of hydrogen-bond donors (Lipinski definition) is 1. The van der Waals surface area contributed by atoms with Crippen molar-refractivity contribution >= 4 is 0 Å². The van der Waals surface area contributed by atoms with E-state index in [1.54, 1.807) is 0 Å². The Labute approximate surface area is 90.2 Å². The second-order valence-corrected chi connectivity index (χ2v) is 3.95. The van der Waals surface area contributed by atoms with Crippen LogP contribution < -0.4 is 10.5 Å². The van der Waals surface area contributed by atoms with Crippen LogP contribution in [0.5, 0.6) is 5.75 Å². The van der Waals surface area contributed by atoms with E-state index in [0.29, 0.717) is 6.61 Å². The summed E-state index contributed by atoms with van der Waals surface area (Å²) < 4.78 is 11.2. The summed E-state index contributed by atoms with van der Waals surface area (Å²) >= 11 is 0. The number of nitrogens with two attached hydrogens (primary N) is 1. The fourth-order valence-corrected chi connectivity index (χ4v) is 1.70. The zero-order valence-corrected chi connectivity index (χ0v) is 8.98. The Balaban J connectivity index is 2.04. The highest BCUT2D eigenvalue weighted by molar-refractivity contribution is 5.32. The molecule has 0 saturated carbocycles. The van der Waals surface area contributed by atoms with E-state index in [1.807, 2.05) is 31.2 Å². The summed E-state index contributed by atoms with van der Waals surface area (Å²) in [6, 6.07) is 8.05. The van der Waals surface area contributed by atoms with Gasteiger partial charge in [0.1, 0.15) is 11.9 Å². The topological polar surface area (TPSA) is 44.5 Å². The molecule has 15 heavy (non-hydrogen) atoms. The maximum absolute atomic E-state index is 5.97. The van der Waals surface area contributed by atoms with Gasteiger partial charge in [-0.3, -0.25) is 0 Å². The summed E-state index contributed by atoms with van der Waals surface area (Å²) in [4.78, 5) is 0. The van der Waals surface area contributed by atoms with Gasteiger partial charge in [-0.2, -0.15) is 0 Å². The lowest BCUT2D eigenvalue weighted by molar-refractivity contribution is -0.00557. The molecule has 82 valence electrons. The molecule has 1 aromatic carbocycles. The van der Waals surface area contributed by atoms with Crippen molar-refractivity contribution in [1.82, 2.24) is 0 Å². The van der Waals surface area contributed by atoms with Crippen molar-refractivity contribution in [3.05, 3.63) is 29.8 Å². The Morgan fingerprint density at radius 3 is 2.93 bits per heavy atom. The summed E-state index contributed by atoms with van der Waals surface area (Å²) in [6.45, 7) is 3.37. The fraction of sp³-hybridized carbons (Fsp3) is 0.500. The lowest BCUT2D eigenvalue weighted by Gasteiger charge is -2.29. The van der Waals surface area contributed by atoms with Gasteiger partial charge in [-0.05, 0) is 25.0 Å². The van der Waals surface area contributed by atoms with Crippen molar-refractivity contribution in [1.29, 1.82) is 0 Å². The third kappa shape index (κ3) is 2.49. The van der Waals surface area contributed by atoms with Crippen LogP contribution in [0.2, 0.25) is 0 Å². The molecule has 0 spiro atoms. The van der Waals surface area contributed by atoms with Gasteiger partial charge in [-0.1, -0.05) is 18.2 Å². The van der Waals surface area contributed by atoms with Gasteiger partial charge in [0, 0.05) is 12.6 Å². The van der Waals surface area contributed by atoms with Gasteiger partial charge in [0.05, 0.1) is 6.61 Å². The van der Waals surface area contributed by atoms with Crippen LogP contribution in [0.15, 0.2) is 24.3 Å². The fourth-order valence-electron chi connectivity index (χ4n) is 1.70. The van der Waals surface area contributed by atoms with Crippen molar-refractivity contribution in [2.24, 2.45) is 5.73 Å². The zero-order valence-electron chi connectivity index (χ0n) is 8.98. The molecule has 0 amide bonds. The molecule has 0 aromatic heterocycles. The van der Waals surface area contributed by atoms with E-state index < -0.39 is 0 Å². The van der Waals surface area contributed by atoms with Crippen LogP contribution in [0.3, 0.4) is 0 Å². The molecule has 0 radical (unpaired) electrons. The monoisotopic (exact) mass is 207 g/mol. The highest BCUT2D eigenvalue weighted by Crippen LogP contribution is 2.20. The van der Waals surface area contributed by atoms with E-state index in [9.17, 15) is 0 Å². The molecule has 0 aliphatic carbocycles. The molecule has 3 heteroatoms. The van der Waals surface area contributed by atoms with E-state index in [0.717, 1.165) is 24.3 Å². The number of rotatable bonds is 2. The van der Waals surface area contributed by atoms with Crippen molar-refractivity contribution < 1.29 is 9.47 Å². The first-order valence-electron chi connectivity index (χ1n) is 5.33. The SMILES string of the molecule is Cc1ccccc1OC1COCCC1N. The first-order chi connectivity index (χ1) is 7.27. The minimum absolute atomic E-state index is 0.0140. The zero-order chi connectivity index (χ0) is 10.7. The summed E-state index contributed by atoms with van der Waals surface area (Å²) in [5.41, 5.74) is 7.11. The van der Waals surface area contributed by atoms with Gasteiger partial charge in [-0.15, -0.1) is 0 Å². The third-order valence-electron chi connectivity index (χ3n) is 2.73. The molecule has 1 aliphatic rings. The maximum Gasteiger partial charge on any atom is 0.137 e. The van der Waals surface area contributed by atoms with Crippen LogP contribution in [-0.4, -0.2) is 25.4 Å². The number of hydrogen-bond acceptors (Lipinski definition) is 3. The summed E-state index contributed by atoms with van der Waals surface area (Å²) in [6.07, 6.45) is 0.858. The van der Waals surface area contributed by atoms with Gasteiger partial charge in [0.2, 0.25) is 0 Å². The third-order valence-corrected chi connectivity index (χ3v) is 2.73. The van der Waals surface area contributed by atoms with E-state index >= 15 is 0 Å². The summed E-state index contributed by atoms with van der Waals surface area (Å²) in [5.74, 6) is 0.906. The number of benzene rings is 1. The molecule has 2 atom stereocenters. The van der Waals surface area contributed by atoms with E-state index in [2.05, 4.69) is 0 Å². The minimum atomic E-state index is -0.0140. The smallest absolute Gasteiger partial charge is 0.137 e. The molecule has 0 bridgehead atoms. The average molecular weight is 207 g/mol. The van der Waals surface area contributed by atoms with Crippen LogP contribution in [0.1, 0.15) is 12.0 Å². The van der Waals surface area contributed by atoms with E-state index in [4.69, 9.17) is 15.2 Å². The highest BCUT2D eigenvalue weighted by Gasteiger charge is 2.24. The second kappa shape index (κ2) is 4.64. The Kier molecular flexibility index (Phi) is 3.23. The largest absolute Gasteiger partial charge is 0.486 e. The molecular formula is C12H17NO2. The first-order valence-corrected chi connectivity index (χ1v) is 5.33. The molecule has 2 unspecified atom stereocenters. The van der Waals surface area contributed by atoms with Gasteiger partial charge < -0.3 is 15.2 Å². The van der Waals surface area contributed by atoms with Crippen molar-refractivity contribution in [3.63, 3.8) is 0 Å². The van der Waals surface area contributed by atoms with Crippen LogP contribution >= 0.6 is 0 Å².